The summed E-state index contributed by atoms with van der Waals surface area (Å²) in [6, 6.07) is 0. The summed E-state index contributed by atoms with van der Waals surface area (Å²) >= 11 is 1.44. The van der Waals surface area contributed by atoms with E-state index in [1.165, 1.54) is 11.8 Å². The van der Waals surface area contributed by atoms with Crippen molar-refractivity contribution < 1.29 is 5.11 Å². The Kier molecular flexibility index (Phi) is 3.31. The quantitative estimate of drug-likeness (QED) is 0.637. The minimum absolute atomic E-state index is 0.167. The number of hydrogen-bond acceptors (Lipinski definition) is 5. The van der Waals surface area contributed by atoms with Crippen molar-refractivity contribution in [2.45, 2.75) is 18.5 Å². The summed E-state index contributed by atoms with van der Waals surface area (Å²) in [6.07, 6.45) is 0.672. The molecule has 0 fully saturated rings. The number of aromatic amines is 1. The third kappa shape index (κ3) is 2.85. The Balaban J connectivity index is 2.31. The molecule has 1 radical (unpaired) electrons. The first kappa shape index (κ1) is 8.48. The fourth-order valence-electron chi connectivity index (χ4n) is 0.567. The Morgan fingerprint density at radius 3 is 3.09 bits per heavy atom. The number of nitrogens with zero attached hydrogens (tertiary/aromatic N) is 3. The number of thioether (sulfide) groups is 1. The summed E-state index contributed by atoms with van der Waals surface area (Å²) in [7, 11) is 0. The first-order valence-electron chi connectivity index (χ1n) is 3.18. The van der Waals surface area contributed by atoms with Crippen LogP contribution in [0.15, 0.2) is 5.16 Å². The van der Waals surface area contributed by atoms with Crippen LogP contribution in [0.2, 0.25) is 0 Å². The molecule has 0 unspecified atom stereocenters. The van der Waals surface area contributed by atoms with Crippen molar-refractivity contribution >= 4 is 11.8 Å². The maximum atomic E-state index is 8.57. The van der Waals surface area contributed by atoms with E-state index in [2.05, 4.69) is 20.6 Å². The molecule has 0 saturated carbocycles. The van der Waals surface area contributed by atoms with Crippen molar-refractivity contribution in [1.82, 2.24) is 20.6 Å². The van der Waals surface area contributed by atoms with Gasteiger partial charge in [0.05, 0.1) is 0 Å². The van der Waals surface area contributed by atoms with Crippen molar-refractivity contribution in [2.24, 2.45) is 0 Å². The van der Waals surface area contributed by atoms with E-state index in [-0.39, 0.29) is 6.61 Å². The number of aliphatic hydroxyl groups is 1. The molecule has 61 valence electrons. The van der Waals surface area contributed by atoms with Crippen LogP contribution in [0.5, 0.6) is 0 Å². The molecule has 11 heavy (non-hydrogen) atoms. The van der Waals surface area contributed by atoms with Gasteiger partial charge in [0.1, 0.15) is 0 Å². The highest BCUT2D eigenvalue weighted by Crippen LogP contribution is 2.26. The van der Waals surface area contributed by atoms with Crippen LogP contribution >= 0.6 is 11.8 Å². The molecule has 5 nitrogen and oxygen atoms in total. The minimum atomic E-state index is 0.167. The van der Waals surface area contributed by atoms with E-state index < -0.39 is 0 Å². The number of aromatic nitrogens is 4. The summed E-state index contributed by atoms with van der Waals surface area (Å²) < 4.78 is 0. The monoisotopic (exact) mass is 173 g/mol. The molecule has 0 aliphatic carbocycles. The highest BCUT2D eigenvalue weighted by atomic mass is 32.2. The SMILES string of the molecule is C[C](CCO)Sc1nnn[nH]1. The fourth-order valence-corrected chi connectivity index (χ4v) is 1.25. The predicted molar refractivity (Wildman–Crippen MR) is 40.7 cm³/mol. The van der Waals surface area contributed by atoms with Crippen LogP contribution < -0.4 is 0 Å². The fraction of sp³-hybridized carbons (Fsp3) is 0.600. The van der Waals surface area contributed by atoms with Crippen LogP contribution in [0.3, 0.4) is 0 Å². The van der Waals surface area contributed by atoms with Crippen LogP contribution in [0.4, 0.5) is 0 Å². The molecule has 1 rings (SSSR count). The van der Waals surface area contributed by atoms with Crippen molar-refractivity contribution in [2.75, 3.05) is 6.61 Å². The summed E-state index contributed by atoms with van der Waals surface area (Å²) in [4.78, 5) is 0. The number of hydrogen-bond donors (Lipinski definition) is 2. The lowest BCUT2D eigenvalue weighted by atomic mass is 10.4. The topological polar surface area (TPSA) is 74.7 Å². The average Bonchev–Trinajstić information content (AvgIpc) is 2.40. The molecule has 2 N–H and O–H groups in total. The maximum Gasteiger partial charge on any atom is 0.207 e. The molecule has 0 atom stereocenters. The standard InChI is InChI=1S/C5H9N4OS/c1-4(2-3-10)11-5-6-8-9-7-5/h10H,2-3H2,1H3,(H,6,7,8,9). The Labute approximate surface area is 68.6 Å². The molecule has 1 aromatic rings. The van der Waals surface area contributed by atoms with Crippen molar-refractivity contribution in [3.8, 4) is 0 Å². The Hall–Kier alpha value is -0.620. The summed E-state index contributed by atoms with van der Waals surface area (Å²) in [6.45, 7) is 2.10. The van der Waals surface area contributed by atoms with Gasteiger partial charge in [-0.15, -0.1) is 5.10 Å². The number of aliphatic hydroxyl groups excluding tert-OH is 1. The van der Waals surface area contributed by atoms with Gasteiger partial charge in [-0.05, 0) is 23.8 Å². The van der Waals surface area contributed by atoms with Gasteiger partial charge in [0, 0.05) is 11.9 Å². The minimum Gasteiger partial charge on any atom is -0.396 e. The molecule has 0 aromatic carbocycles. The van der Waals surface area contributed by atoms with Crippen LogP contribution in [-0.2, 0) is 0 Å². The number of tetrazole rings is 1. The Morgan fingerprint density at radius 1 is 1.73 bits per heavy atom. The molecule has 0 saturated heterocycles. The molecule has 1 aromatic heterocycles. The predicted octanol–water partition coefficient (Wildman–Crippen LogP) is 0.226. The van der Waals surface area contributed by atoms with Gasteiger partial charge in [0.25, 0.3) is 0 Å². The van der Waals surface area contributed by atoms with Gasteiger partial charge in [-0.2, -0.15) is 0 Å². The van der Waals surface area contributed by atoms with E-state index in [1.807, 2.05) is 6.92 Å². The van der Waals surface area contributed by atoms with Gasteiger partial charge < -0.3 is 5.11 Å². The summed E-state index contributed by atoms with van der Waals surface area (Å²) in [5, 5.41) is 23.5. The zero-order valence-corrected chi connectivity index (χ0v) is 6.93. The second-order valence-electron chi connectivity index (χ2n) is 1.98. The van der Waals surface area contributed by atoms with E-state index in [0.29, 0.717) is 11.6 Å². The van der Waals surface area contributed by atoms with Gasteiger partial charge in [0.2, 0.25) is 5.16 Å². The molecule has 1 heterocycles. The highest BCUT2D eigenvalue weighted by molar-refractivity contribution is 8.01. The molecule has 0 aliphatic rings. The van der Waals surface area contributed by atoms with Gasteiger partial charge in [0.15, 0.2) is 0 Å². The first-order valence-corrected chi connectivity index (χ1v) is 3.99. The first-order chi connectivity index (χ1) is 5.33. The van der Waals surface area contributed by atoms with Crippen LogP contribution in [-0.4, -0.2) is 32.3 Å². The molecule has 0 aliphatic heterocycles. The van der Waals surface area contributed by atoms with Crippen LogP contribution in [0.1, 0.15) is 13.3 Å². The average molecular weight is 173 g/mol. The van der Waals surface area contributed by atoms with Crippen molar-refractivity contribution in [3.05, 3.63) is 5.25 Å². The lowest BCUT2D eigenvalue weighted by Crippen LogP contribution is -1.91. The molecular weight excluding hydrogens is 164 g/mol. The summed E-state index contributed by atoms with van der Waals surface area (Å²) in [5.41, 5.74) is 0. The smallest absolute Gasteiger partial charge is 0.207 e. The molecule has 0 bridgehead atoms. The molecule has 0 amide bonds. The summed E-state index contributed by atoms with van der Waals surface area (Å²) in [5.74, 6) is 0. The Morgan fingerprint density at radius 2 is 2.55 bits per heavy atom. The van der Waals surface area contributed by atoms with Crippen LogP contribution in [0.25, 0.3) is 0 Å². The lowest BCUT2D eigenvalue weighted by molar-refractivity contribution is 0.297. The third-order valence-corrected chi connectivity index (χ3v) is 1.98. The lowest BCUT2D eigenvalue weighted by Gasteiger charge is -2.03. The second-order valence-corrected chi connectivity index (χ2v) is 3.27. The molecule has 6 heteroatoms. The normalized spacial score (nSPS) is 10.8. The third-order valence-electron chi connectivity index (χ3n) is 1.06. The zero-order chi connectivity index (χ0) is 8.10. The van der Waals surface area contributed by atoms with Crippen molar-refractivity contribution in [3.63, 3.8) is 0 Å². The number of rotatable bonds is 4. The van der Waals surface area contributed by atoms with Gasteiger partial charge in [-0.1, -0.05) is 11.8 Å². The van der Waals surface area contributed by atoms with E-state index >= 15 is 0 Å². The van der Waals surface area contributed by atoms with Crippen molar-refractivity contribution in [1.29, 1.82) is 0 Å². The van der Waals surface area contributed by atoms with E-state index in [9.17, 15) is 0 Å². The zero-order valence-electron chi connectivity index (χ0n) is 6.11. The maximum absolute atomic E-state index is 8.57. The molecular formula is C5H9N4OS. The van der Waals surface area contributed by atoms with Gasteiger partial charge in [-0.3, -0.25) is 0 Å². The largest absolute Gasteiger partial charge is 0.396 e. The van der Waals surface area contributed by atoms with E-state index in [4.69, 9.17) is 5.11 Å². The van der Waals surface area contributed by atoms with E-state index in [1.54, 1.807) is 0 Å². The molecule has 0 spiro atoms. The van der Waals surface area contributed by atoms with E-state index in [0.717, 1.165) is 5.25 Å². The second kappa shape index (κ2) is 4.30. The van der Waals surface area contributed by atoms with Gasteiger partial charge in [-0.25, -0.2) is 5.10 Å². The van der Waals surface area contributed by atoms with Gasteiger partial charge >= 0.3 is 0 Å². The Bertz CT molecular complexity index is 190. The van der Waals surface area contributed by atoms with Crippen LogP contribution in [0, 0.1) is 5.25 Å². The number of nitrogens with one attached hydrogen (secondary N) is 1. The number of H-pyrrole nitrogens is 1. The highest BCUT2D eigenvalue weighted by Gasteiger charge is 2.06.